The molecule has 0 aliphatic rings. The molecule has 0 saturated heterocycles. The van der Waals surface area contributed by atoms with Crippen LogP contribution in [0.2, 0.25) is 0 Å². The quantitative estimate of drug-likeness (QED) is 0.180. The zero-order valence-electron chi connectivity index (χ0n) is 30.9. The summed E-state index contributed by atoms with van der Waals surface area (Å²) in [5.74, 6) is 0. The molecule has 3 nitrogen and oxygen atoms in total. The number of nitriles is 1. The summed E-state index contributed by atoms with van der Waals surface area (Å²) in [7, 11) is 0. The number of fused-ring (bicyclic) bond motifs is 6. The number of hydrogen-bond donors (Lipinski definition) is 0. The van der Waals surface area contributed by atoms with Crippen LogP contribution in [0.3, 0.4) is 0 Å². The Labute approximate surface area is 307 Å². The van der Waals surface area contributed by atoms with Crippen molar-refractivity contribution in [1.29, 1.82) is 5.26 Å². The molecule has 53 heavy (non-hydrogen) atoms. The highest BCUT2D eigenvalue weighted by Gasteiger charge is 2.32. The first-order valence-electron chi connectivity index (χ1n) is 17.9. The van der Waals surface area contributed by atoms with E-state index < -0.39 is 11.7 Å². The van der Waals surface area contributed by atoms with Crippen LogP contribution in [0.25, 0.3) is 66.1 Å². The van der Waals surface area contributed by atoms with Gasteiger partial charge in [-0.05, 0) is 88.5 Å². The monoisotopic (exact) mass is 703 g/mol. The Hall–Kier alpha value is -5.80. The minimum Gasteiger partial charge on any atom is -0.308 e. The lowest BCUT2D eigenvalue weighted by molar-refractivity contribution is -0.137. The Balaban J connectivity index is 1.62. The SMILES string of the molecule is Cc1cc(-c2c(-n3c4ccccc4c4ccc(C(C)(C)C)cc43)cc(C#N)cc2-n2c3ccccc3c3ccc(C(C)(C)C)cc32)cc(C(F)(F)F)c1. The number of nitrogens with zero attached hydrogens (tertiary/aromatic N) is 3. The van der Waals surface area contributed by atoms with Gasteiger partial charge in [0.2, 0.25) is 0 Å². The summed E-state index contributed by atoms with van der Waals surface area (Å²) < 4.78 is 48.2. The van der Waals surface area contributed by atoms with Crippen molar-refractivity contribution in [3.05, 3.63) is 143 Å². The van der Waals surface area contributed by atoms with Gasteiger partial charge in [0, 0.05) is 27.1 Å². The number of aryl methyl sites for hydroxylation is 1. The zero-order chi connectivity index (χ0) is 37.6. The third-order valence-electron chi connectivity index (χ3n) is 10.5. The largest absolute Gasteiger partial charge is 0.416 e. The maximum atomic E-state index is 14.6. The van der Waals surface area contributed by atoms with E-state index in [4.69, 9.17) is 0 Å². The van der Waals surface area contributed by atoms with Crippen LogP contribution < -0.4 is 0 Å². The molecule has 0 fully saturated rings. The highest BCUT2D eigenvalue weighted by Crippen LogP contribution is 2.45. The van der Waals surface area contributed by atoms with Crippen molar-refractivity contribution in [2.24, 2.45) is 0 Å². The third kappa shape index (κ3) is 5.67. The van der Waals surface area contributed by atoms with Gasteiger partial charge in [-0.3, -0.25) is 0 Å². The number of hydrogen-bond acceptors (Lipinski definition) is 1. The predicted molar refractivity (Wildman–Crippen MR) is 212 cm³/mol. The van der Waals surface area contributed by atoms with E-state index >= 15 is 0 Å². The van der Waals surface area contributed by atoms with Crippen LogP contribution in [-0.2, 0) is 17.0 Å². The van der Waals surface area contributed by atoms with Gasteiger partial charge in [-0.15, -0.1) is 0 Å². The number of alkyl halides is 3. The van der Waals surface area contributed by atoms with Crippen molar-refractivity contribution in [3.8, 4) is 28.6 Å². The summed E-state index contributed by atoms with van der Waals surface area (Å²) in [6.45, 7) is 14.7. The van der Waals surface area contributed by atoms with E-state index in [2.05, 4.69) is 105 Å². The molecule has 6 aromatic carbocycles. The standard InChI is InChI=1S/C47H40F3N3/c1-28-20-30(24-33(21-28)47(48,49)50)44-42(52-38-14-10-8-12-34(38)36-18-16-31(25-40(36)52)45(2,3)4)22-29(27-51)23-43(44)53-39-15-11-9-13-35(39)37-19-17-32(26-41(37)53)46(5,6)7/h8-26H,1-7H3. The summed E-state index contributed by atoms with van der Waals surface area (Å²) >= 11 is 0. The summed E-state index contributed by atoms with van der Waals surface area (Å²) in [6.07, 6.45) is -4.56. The first kappa shape index (κ1) is 34.3. The van der Waals surface area contributed by atoms with Gasteiger partial charge in [0.25, 0.3) is 0 Å². The predicted octanol–water partition coefficient (Wildman–Crippen LogP) is 13.3. The smallest absolute Gasteiger partial charge is 0.308 e. The molecule has 0 atom stereocenters. The molecule has 0 saturated carbocycles. The van der Waals surface area contributed by atoms with Gasteiger partial charge in [0.1, 0.15) is 0 Å². The van der Waals surface area contributed by atoms with E-state index in [1.807, 2.05) is 54.6 Å². The van der Waals surface area contributed by atoms with Crippen molar-refractivity contribution >= 4 is 43.6 Å². The second kappa shape index (κ2) is 11.9. The fourth-order valence-corrected chi connectivity index (χ4v) is 7.81. The average molecular weight is 704 g/mol. The summed E-state index contributed by atoms with van der Waals surface area (Å²) in [6, 6.07) is 39.5. The number of halogens is 3. The van der Waals surface area contributed by atoms with Gasteiger partial charge in [-0.25, -0.2) is 0 Å². The van der Waals surface area contributed by atoms with E-state index in [1.165, 1.54) is 12.1 Å². The maximum Gasteiger partial charge on any atom is 0.416 e. The van der Waals surface area contributed by atoms with E-state index in [0.717, 1.165) is 54.7 Å². The minimum atomic E-state index is -4.56. The van der Waals surface area contributed by atoms with Crippen LogP contribution in [0.1, 0.15) is 69.4 Å². The van der Waals surface area contributed by atoms with E-state index in [9.17, 15) is 18.4 Å². The Morgan fingerprint density at radius 1 is 0.509 bits per heavy atom. The lowest BCUT2D eigenvalue weighted by atomic mass is 9.86. The van der Waals surface area contributed by atoms with Crippen molar-refractivity contribution in [2.75, 3.05) is 0 Å². The van der Waals surface area contributed by atoms with Crippen LogP contribution in [0.5, 0.6) is 0 Å². The molecule has 0 N–H and O–H groups in total. The number of aromatic nitrogens is 2. The Morgan fingerprint density at radius 2 is 0.962 bits per heavy atom. The molecule has 8 rings (SSSR count). The summed E-state index contributed by atoms with van der Waals surface area (Å²) in [5.41, 5.74) is 8.02. The highest BCUT2D eigenvalue weighted by molar-refractivity contribution is 6.12. The van der Waals surface area contributed by atoms with Crippen LogP contribution in [0.15, 0.2) is 115 Å². The Bertz CT molecular complexity index is 2660. The molecule has 2 heterocycles. The zero-order valence-corrected chi connectivity index (χ0v) is 30.9. The molecule has 2 aromatic heterocycles. The first-order valence-corrected chi connectivity index (χ1v) is 17.9. The maximum absolute atomic E-state index is 14.6. The fourth-order valence-electron chi connectivity index (χ4n) is 7.81. The van der Waals surface area contributed by atoms with Gasteiger partial charge in [0.15, 0.2) is 0 Å². The van der Waals surface area contributed by atoms with Gasteiger partial charge in [-0.1, -0.05) is 108 Å². The molecule has 0 bridgehead atoms. The Morgan fingerprint density at radius 3 is 1.40 bits per heavy atom. The molecule has 6 heteroatoms. The summed E-state index contributed by atoms with van der Waals surface area (Å²) in [4.78, 5) is 0. The Kier molecular flexibility index (Phi) is 7.68. The fraction of sp³-hybridized carbons (Fsp3) is 0.213. The van der Waals surface area contributed by atoms with Crippen molar-refractivity contribution in [2.45, 2.75) is 65.5 Å². The van der Waals surface area contributed by atoms with Gasteiger partial charge >= 0.3 is 6.18 Å². The van der Waals surface area contributed by atoms with E-state index in [-0.39, 0.29) is 10.8 Å². The topological polar surface area (TPSA) is 33.6 Å². The van der Waals surface area contributed by atoms with E-state index in [1.54, 1.807) is 6.92 Å². The molecule has 264 valence electrons. The van der Waals surface area contributed by atoms with Crippen LogP contribution in [-0.4, -0.2) is 9.13 Å². The van der Waals surface area contributed by atoms with Crippen molar-refractivity contribution < 1.29 is 13.2 Å². The minimum absolute atomic E-state index is 0.163. The molecule has 0 unspecified atom stereocenters. The molecule has 0 aliphatic heterocycles. The molecule has 8 aromatic rings. The van der Waals surface area contributed by atoms with Gasteiger partial charge in [-0.2, -0.15) is 18.4 Å². The molecule has 0 radical (unpaired) electrons. The van der Waals surface area contributed by atoms with E-state index in [0.29, 0.717) is 33.6 Å². The van der Waals surface area contributed by atoms with Crippen LogP contribution in [0.4, 0.5) is 13.2 Å². The molecule has 0 spiro atoms. The van der Waals surface area contributed by atoms with Crippen LogP contribution in [0, 0.1) is 18.3 Å². The van der Waals surface area contributed by atoms with Crippen molar-refractivity contribution in [3.63, 3.8) is 0 Å². The molecule has 0 amide bonds. The lowest BCUT2D eigenvalue weighted by Gasteiger charge is -2.23. The molecule has 0 aliphatic carbocycles. The molecular formula is C47H40F3N3. The number of benzene rings is 6. The van der Waals surface area contributed by atoms with Gasteiger partial charge < -0.3 is 9.13 Å². The third-order valence-corrected chi connectivity index (χ3v) is 10.5. The second-order valence-corrected chi connectivity index (χ2v) is 16.3. The van der Waals surface area contributed by atoms with Crippen molar-refractivity contribution in [1.82, 2.24) is 9.13 Å². The first-order chi connectivity index (χ1) is 25.0. The van der Waals surface area contributed by atoms with Gasteiger partial charge in [0.05, 0.1) is 50.6 Å². The number of rotatable bonds is 3. The van der Waals surface area contributed by atoms with Crippen LogP contribution >= 0.6 is 0 Å². The average Bonchev–Trinajstić information content (AvgIpc) is 3.62. The normalized spacial score (nSPS) is 12.7. The second-order valence-electron chi connectivity index (χ2n) is 16.3. The molecular weight excluding hydrogens is 664 g/mol. The summed E-state index contributed by atoms with van der Waals surface area (Å²) in [5, 5.41) is 14.8. The number of para-hydroxylation sites is 2. The lowest BCUT2D eigenvalue weighted by Crippen LogP contribution is -2.11. The highest BCUT2D eigenvalue weighted by atomic mass is 19.4.